The maximum Gasteiger partial charge on any atom is 0.0565 e. The number of hydrogen-bond donors (Lipinski definition) is 0. The first-order chi connectivity index (χ1) is 10.5. The van der Waals surface area contributed by atoms with Crippen LogP contribution in [-0.2, 0) is 4.74 Å². The second-order valence-corrected chi connectivity index (χ2v) is 8.55. The summed E-state index contributed by atoms with van der Waals surface area (Å²) in [6.07, 6.45) is 9.08. The van der Waals surface area contributed by atoms with Gasteiger partial charge >= 0.3 is 0 Å². The Morgan fingerprint density at radius 3 is 1.86 bits per heavy atom. The van der Waals surface area contributed by atoms with Gasteiger partial charge in [0.15, 0.2) is 0 Å². The number of piperidine rings is 2. The van der Waals surface area contributed by atoms with E-state index in [1.54, 1.807) is 0 Å². The van der Waals surface area contributed by atoms with Crippen molar-refractivity contribution in [3.8, 4) is 0 Å². The fourth-order valence-electron chi connectivity index (χ4n) is 5.05. The van der Waals surface area contributed by atoms with Gasteiger partial charge < -0.3 is 14.5 Å². The molecule has 3 fully saturated rings. The molecule has 128 valence electrons. The van der Waals surface area contributed by atoms with Crippen LogP contribution in [0, 0.1) is 5.41 Å². The van der Waals surface area contributed by atoms with Gasteiger partial charge in [-0.3, -0.25) is 0 Å². The predicted octanol–water partition coefficient (Wildman–Crippen LogP) is 3.53. The SMILES string of the molecule is CC(C)N1CCC2(CC1)CCN(C1C[C@@H](C)O[C@@H](C)C1)CC2. The minimum atomic E-state index is 0.443. The Labute approximate surface area is 137 Å². The van der Waals surface area contributed by atoms with Gasteiger partial charge in [-0.2, -0.15) is 0 Å². The zero-order chi connectivity index (χ0) is 15.7. The van der Waals surface area contributed by atoms with Crippen LogP contribution in [0.4, 0.5) is 0 Å². The van der Waals surface area contributed by atoms with E-state index in [2.05, 4.69) is 37.5 Å². The molecule has 3 aliphatic rings. The molecule has 22 heavy (non-hydrogen) atoms. The van der Waals surface area contributed by atoms with Gasteiger partial charge in [0.2, 0.25) is 0 Å². The predicted molar refractivity (Wildman–Crippen MR) is 92.2 cm³/mol. The smallest absolute Gasteiger partial charge is 0.0565 e. The highest BCUT2D eigenvalue weighted by Gasteiger charge is 2.40. The first kappa shape index (κ1) is 16.7. The molecule has 0 N–H and O–H groups in total. The summed E-state index contributed by atoms with van der Waals surface area (Å²) in [5.41, 5.74) is 0.671. The van der Waals surface area contributed by atoms with E-state index in [0.717, 1.165) is 12.1 Å². The number of likely N-dealkylation sites (tertiary alicyclic amines) is 2. The molecule has 0 aromatic carbocycles. The molecule has 3 aliphatic heterocycles. The van der Waals surface area contributed by atoms with E-state index in [-0.39, 0.29) is 0 Å². The maximum atomic E-state index is 5.92. The van der Waals surface area contributed by atoms with Crippen molar-refractivity contribution in [1.82, 2.24) is 9.80 Å². The van der Waals surface area contributed by atoms with Crippen molar-refractivity contribution in [2.24, 2.45) is 5.41 Å². The number of nitrogens with zero attached hydrogens (tertiary/aromatic N) is 2. The molecule has 0 radical (unpaired) electrons. The summed E-state index contributed by atoms with van der Waals surface area (Å²) < 4.78 is 5.92. The Hall–Kier alpha value is -0.120. The highest BCUT2D eigenvalue weighted by Crippen LogP contribution is 2.42. The summed E-state index contributed by atoms with van der Waals surface area (Å²) in [7, 11) is 0. The molecule has 0 aliphatic carbocycles. The average Bonchev–Trinajstić information content (AvgIpc) is 2.47. The zero-order valence-corrected chi connectivity index (χ0v) is 15.2. The lowest BCUT2D eigenvalue weighted by Crippen LogP contribution is -2.52. The van der Waals surface area contributed by atoms with E-state index in [1.807, 2.05) is 0 Å². The molecule has 3 saturated heterocycles. The maximum absolute atomic E-state index is 5.92. The van der Waals surface area contributed by atoms with Crippen molar-refractivity contribution in [2.45, 2.75) is 90.5 Å². The minimum Gasteiger partial charge on any atom is -0.375 e. The van der Waals surface area contributed by atoms with Gasteiger partial charge in [-0.05, 0) is 97.8 Å². The highest BCUT2D eigenvalue weighted by atomic mass is 16.5. The van der Waals surface area contributed by atoms with Crippen LogP contribution in [0.2, 0.25) is 0 Å². The third kappa shape index (κ3) is 3.68. The molecule has 0 saturated carbocycles. The second kappa shape index (κ2) is 6.78. The quantitative estimate of drug-likeness (QED) is 0.776. The molecule has 3 heterocycles. The standard InChI is InChI=1S/C19H36N2O/c1-15(2)20-9-5-19(6-10-20)7-11-21(12-8-19)18-13-16(3)22-17(4)14-18/h15-18H,5-14H2,1-4H3/t16-,17+,18?. The van der Waals surface area contributed by atoms with Crippen LogP contribution in [-0.4, -0.2) is 60.3 Å². The summed E-state index contributed by atoms with van der Waals surface area (Å²) in [5, 5.41) is 0. The van der Waals surface area contributed by atoms with E-state index < -0.39 is 0 Å². The van der Waals surface area contributed by atoms with Crippen LogP contribution < -0.4 is 0 Å². The van der Waals surface area contributed by atoms with Crippen molar-refractivity contribution in [3.05, 3.63) is 0 Å². The molecule has 3 heteroatoms. The highest BCUT2D eigenvalue weighted by molar-refractivity contribution is 4.93. The molecule has 1 spiro atoms. The molecular formula is C19H36N2O. The van der Waals surface area contributed by atoms with Gasteiger partial charge in [-0.25, -0.2) is 0 Å². The van der Waals surface area contributed by atoms with Crippen LogP contribution in [0.3, 0.4) is 0 Å². The Kier molecular flexibility index (Phi) is 5.16. The summed E-state index contributed by atoms with van der Waals surface area (Å²) >= 11 is 0. The first-order valence-corrected chi connectivity index (χ1v) is 9.61. The van der Waals surface area contributed by atoms with Gasteiger partial charge in [0, 0.05) is 12.1 Å². The third-order valence-electron chi connectivity index (χ3n) is 6.64. The fourth-order valence-corrected chi connectivity index (χ4v) is 5.05. The van der Waals surface area contributed by atoms with Gasteiger partial charge in [0.05, 0.1) is 12.2 Å². The molecule has 1 unspecified atom stereocenters. The molecule has 0 bridgehead atoms. The zero-order valence-electron chi connectivity index (χ0n) is 15.2. The number of hydrogen-bond acceptors (Lipinski definition) is 3. The molecule has 3 atom stereocenters. The Morgan fingerprint density at radius 2 is 1.36 bits per heavy atom. The van der Waals surface area contributed by atoms with Crippen LogP contribution in [0.1, 0.15) is 66.2 Å². The van der Waals surface area contributed by atoms with Crippen molar-refractivity contribution in [2.75, 3.05) is 26.2 Å². The molecular weight excluding hydrogens is 272 g/mol. The average molecular weight is 309 g/mol. The lowest BCUT2D eigenvalue weighted by Gasteiger charge is -2.50. The minimum absolute atomic E-state index is 0.443. The summed E-state index contributed by atoms with van der Waals surface area (Å²) in [5.74, 6) is 0. The fraction of sp³-hybridized carbons (Fsp3) is 1.00. The molecule has 3 nitrogen and oxygen atoms in total. The van der Waals surface area contributed by atoms with Gasteiger partial charge in [-0.15, -0.1) is 0 Å². The van der Waals surface area contributed by atoms with Crippen LogP contribution in [0.25, 0.3) is 0 Å². The summed E-state index contributed by atoms with van der Waals surface area (Å²) in [4.78, 5) is 5.45. The molecule has 3 rings (SSSR count). The molecule has 0 amide bonds. The summed E-state index contributed by atoms with van der Waals surface area (Å²) in [6.45, 7) is 14.5. The largest absolute Gasteiger partial charge is 0.375 e. The molecule has 0 aromatic rings. The van der Waals surface area contributed by atoms with E-state index in [4.69, 9.17) is 4.74 Å². The van der Waals surface area contributed by atoms with E-state index in [9.17, 15) is 0 Å². The Bertz CT molecular complexity index is 342. The van der Waals surface area contributed by atoms with Crippen molar-refractivity contribution in [1.29, 1.82) is 0 Å². The van der Waals surface area contributed by atoms with Crippen LogP contribution in [0.5, 0.6) is 0 Å². The van der Waals surface area contributed by atoms with Crippen LogP contribution in [0.15, 0.2) is 0 Å². The second-order valence-electron chi connectivity index (χ2n) is 8.55. The first-order valence-electron chi connectivity index (χ1n) is 9.61. The number of ether oxygens (including phenoxy) is 1. The normalized spacial score (nSPS) is 37.8. The number of rotatable bonds is 2. The van der Waals surface area contributed by atoms with Crippen LogP contribution >= 0.6 is 0 Å². The topological polar surface area (TPSA) is 15.7 Å². The third-order valence-corrected chi connectivity index (χ3v) is 6.64. The summed E-state index contributed by atoms with van der Waals surface area (Å²) in [6, 6.07) is 1.49. The van der Waals surface area contributed by atoms with Crippen molar-refractivity contribution >= 4 is 0 Å². The monoisotopic (exact) mass is 308 g/mol. The molecule has 0 aromatic heterocycles. The van der Waals surface area contributed by atoms with Crippen molar-refractivity contribution in [3.63, 3.8) is 0 Å². The van der Waals surface area contributed by atoms with Gasteiger partial charge in [0.1, 0.15) is 0 Å². The Morgan fingerprint density at radius 1 is 0.864 bits per heavy atom. The van der Waals surface area contributed by atoms with E-state index in [1.165, 1.54) is 64.7 Å². The van der Waals surface area contributed by atoms with Crippen molar-refractivity contribution < 1.29 is 4.74 Å². The lowest BCUT2D eigenvalue weighted by atomic mass is 9.70. The van der Waals surface area contributed by atoms with Gasteiger partial charge in [-0.1, -0.05) is 0 Å². The van der Waals surface area contributed by atoms with E-state index >= 15 is 0 Å². The van der Waals surface area contributed by atoms with E-state index in [0.29, 0.717) is 17.6 Å². The lowest BCUT2D eigenvalue weighted by molar-refractivity contribution is -0.0775. The van der Waals surface area contributed by atoms with Gasteiger partial charge in [0.25, 0.3) is 0 Å². The Balaban J connectivity index is 1.50.